The Labute approximate surface area is 189 Å². The van der Waals surface area contributed by atoms with Gasteiger partial charge in [0.2, 0.25) is 0 Å². The number of phenols is 1. The lowest BCUT2D eigenvalue weighted by atomic mass is 10.0. The van der Waals surface area contributed by atoms with Crippen LogP contribution in [0, 0.1) is 0 Å². The van der Waals surface area contributed by atoms with Crippen molar-refractivity contribution >= 4 is 46.3 Å². The SMILES string of the molecule is O=C(N/N=C\c1c(O)ccc2ccccc12)c1ccc(CSc2ccc(Cl)cc2)cc1. The summed E-state index contributed by atoms with van der Waals surface area (Å²) in [4.78, 5) is 13.5. The molecule has 4 aromatic rings. The molecule has 0 unspecified atom stereocenters. The molecule has 31 heavy (non-hydrogen) atoms. The van der Waals surface area contributed by atoms with Crippen LogP contribution < -0.4 is 5.43 Å². The Morgan fingerprint density at radius 1 is 0.968 bits per heavy atom. The smallest absolute Gasteiger partial charge is 0.271 e. The molecule has 0 radical (unpaired) electrons. The van der Waals surface area contributed by atoms with E-state index in [0.29, 0.717) is 11.1 Å². The molecule has 0 spiro atoms. The van der Waals surface area contributed by atoms with Gasteiger partial charge in [0.15, 0.2) is 0 Å². The number of nitrogens with zero attached hydrogens (tertiary/aromatic N) is 1. The van der Waals surface area contributed by atoms with Gasteiger partial charge < -0.3 is 5.11 Å². The van der Waals surface area contributed by atoms with Crippen LogP contribution in [-0.4, -0.2) is 17.2 Å². The zero-order valence-electron chi connectivity index (χ0n) is 16.5. The van der Waals surface area contributed by atoms with Crippen LogP contribution in [0.3, 0.4) is 0 Å². The third-order valence-electron chi connectivity index (χ3n) is 4.74. The van der Waals surface area contributed by atoms with Crippen molar-refractivity contribution in [1.82, 2.24) is 5.43 Å². The quantitative estimate of drug-likeness (QED) is 0.209. The normalized spacial score (nSPS) is 11.1. The molecular weight excluding hydrogens is 428 g/mol. The fourth-order valence-corrected chi connectivity index (χ4v) is 4.07. The second-order valence-electron chi connectivity index (χ2n) is 6.86. The van der Waals surface area contributed by atoms with Crippen molar-refractivity contribution in [2.24, 2.45) is 5.10 Å². The van der Waals surface area contributed by atoms with E-state index in [0.717, 1.165) is 32.0 Å². The van der Waals surface area contributed by atoms with E-state index < -0.39 is 0 Å². The Morgan fingerprint density at radius 3 is 2.48 bits per heavy atom. The van der Waals surface area contributed by atoms with E-state index in [4.69, 9.17) is 11.6 Å². The first-order valence-electron chi connectivity index (χ1n) is 9.61. The highest BCUT2D eigenvalue weighted by Gasteiger charge is 2.07. The zero-order valence-corrected chi connectivity index (χ0v) is 18.0. The maximum absolute atomic E-state index is 12.4. The Balaban J connectivity index is 1.38. The van der Waals surface area contributed by atoms with E-state index in [1.54, 1.807) is 30.0 Å². The number of carbonyl (C=O) groups is 1. The number of amides is 1. The van der Waals surface area contributed by atoms with Crippen molar-refractivity contribution in [3.05, 3.63) is 107 Å². The monoisotopic (exact) mass is 446 g/mol. The van der Waals surface area contributed by atoms with Crippen LogP contribution in [0.4, 0.5) is 0 Å². The van der Waals surface area contributed by atoms with Gasteiger partial charge in [0.1, 0.15) is 5.75 Å². The Morgan fingerprint density at radius 2 is 1.71 bits per heavy atom. The summed E-state index contributed by atoms with van der Waals surface area (Å²) in [6.07, 6.45) is 1.46. The standard InChI is InChI=1S/C25H19ClN2O2S/c26-20-10-12-21(13-11-20)31-16-17-5-7-19(8-6-17)25(30)28-27-15-23-22-4-2-1-3-18(22)9-14-24(23)29/h1-15,29H,16H2,(H,28,30)/b27-15-. The second-order valence-corrected chi connectivity index (χ2v) is 8.34. The van der Waals surface area contributed by atoms with Crippen molar-refractivity contribution in [2.75, 3.05) is 0 Å². The largest absolute Gasteiger partial charge is 0.507 e. The number of hydrogen-bond donors (Lipinski definition) is 2. The first-order valence-corrected chi connectivity index (χ1v) is 11.0. The van der Waals surface area contributed by atoms with Gasteiger partial charge in [-0.2, -0.15) is 5.10 Å². The summed E-state index contributed by atoms with van der Waals surface area (Å²) in [7, 11) is 0. The lowest BCUT2D eigenvalue weighted by Crippen LogP contribution is -2.17. The van der Waals surface area contributed by atoms with Crippen LogP contribution in [-0.2, 0) is 5.75 Å². The van der Waals surface area contributed by atoms with Gasteiger partial charge in [-0.3, -0.25) is 4.79 Å². The van der Waals surface area contributed by atoms with E-state index in [-0.39, 0.29) is 11.7 Å². The molecule has 4 aromatic carbocycles. The molecule has 0 aliphatic heterocycles. The minimum absolute atomic E-state index is 0.110. The summed E-state index contributed by atoms with van der Waals surface area (Å²) in [5.74, 6) is 0.592. The van der Waals surface area contributed by atoms with E-state index in [9.17, 15) is 9.90 Å². The Kier molecular flexibility index (Phi) is 6.55. The summed E-state index contributed by atoms with van der Waals surface area (Å²) in [5, 5.41) is 16.8. The second kappa shape index (κ2) is 9.69. The number of hydrazone groups is 1. The predicted molar refractivity (Wildman–Crippen MR) is 128 cm³/mol. The Hall–Kier alpha value is -3.28. The molecule has 0 aliphatic carbocycles. The van der Waals surface area contributed by atoms with Gasteiger partial charge >= 0.3 is 0 Å². The predicted octanol–water partition coefficient (Wildman–Crippen LogP) is 6.26. The third kappa shape index (κ3) is 5.26. The minimum Gasteiger partial charge on any atom is -0.507 e. The van der Waals surface area contributed by atoms with Gasteiger partial charge in [-0.1, -0.05) is 54.1 Å². The van der Waals surface area contributed by atoms with Gasteiger partial charge in [-0.15, -0.1) is 11.8 Å². The molecule has 0 aromatic heterocycles. The number of hydrogen-bond acceptors (Lipinski definition) is 4. The van der Waals surface area contributed by atoms with E-state index in [1.807, 2.05) is 66.7 Å². The molecule has 0 heterocycles. The maximum atomic E-state index is 12.4. The average Bonchev–Trinajstić information content (AvgIpc) is 2.80. The third-order valence-corrected chi connectivity index (χ3v) is 6.08. The number of phenolic OH excluding ortho intramolecular Hbond substituents is 1. The zero-order chi connectivity index (χ0) is 21.6. The van der Waals surface area contributed by atoms with Crippen LogP contribution in [0.15, 0.2) is 94.9 Å². The van der Waals surface area contributed by atoms with E-state index >= 15 is 0 Å². The number of carbonyl (C=O) groups excluding carboxylic acids is 1. The van der Waals surface area contributed by atoms with Gasteiger partial charge in [-0.05, 0) is 58.8 Å². The summed E-state index contributed by atoms with van der Waals surface area (Å²) in [6, 6.07) is 26.3. The van der Waals surface area contributed by atoms with E-state index in [2.05, 4.69) is 10.5 Å². The fraction of sp³-hybridized carbons (Fsp3) is 0.0400. The van der Waals surface area contributed by atoms with E-state index in [1.165, 1.54) is 6.21 Å². The van der Waals surface area contributed by atoms with Crippen molar-refractivity contribution in [1.29, 1.82) is 0 Å². The molecule has 0 fully saturated rings. The molecule has 0 bridgehead atoms. The summed E-state index contributed by atoms with van der Waals surface area (Å²) in [6.45, 7) is 0. The highest BCUT2D eigenvalue weighted by molar-refractivity contribution is 7.98. The van der Waals surface area contributed by atoms with Crippen LogP contribution in [0.25, 0.3) is 10.8 Å². The molecule has 0 aliphatic rings. The van der Waals surface area contributed by atoms with Crippen LogP contribution >= 0.6 is 23.4 Å². The van der Waals surface area contributed by atoms with Crippen molar-refractivity contribution in [2.45, 2.75) is 10.6 Å². The van der Waals surface area contributed by atoms with Crippen molar-refractivity contribution in [3.63, 3.8) is 0 Å². The number of thioether (sulfide) groups is 1. The maximum Gasteiger partial charge on any atom is 0.271 e. The van der Waals surface area contributed by atoms with Crippen LogP contribution in [0.1, 0.15) is 21.5 Å². The molecule has 0 saturated carbocycles. The summed E-state index contributed by atoms with van der Waals surface area (Å²) >= 11 is 7.61. The number of nitrogens with one attached hydrogen (secondary N) is 1. The number of aromatic hydroxyl groups is 1. The topological polar surface area (TPSA) is 61.7 Å². The molecule has 0 atom stereocenters. The molecule has 1 amide bonds. The molecule has 154 valence electrons. The Bertz CT molecular complexity index is 1240. The average molecular weight is 447 g/mol. The van der Waals surface area contributed by atoms with Gasteiger partial charge in [-0.25, -0.2) is 5.43 Å². The summed E-state index contributed by atoms with van der Waals surface area (Å²) < 4.78 is 0. The number of halogens is 1. The van der Waals surface area contributed by atoms with Crippen LogP contribution in [0.2, 0.25) is 5.02 Å². The number of rotatable bonds is 6. The lowest BCUT2D eigenvalue weighted by molar-refractivity contribution is 0.0955. The van der Waals surface area contributed by atoms with Crippen LogP contribution in [0.5, 0.6) is 5.75 Å². The molecule has 0 saturated heterocycles. The lowest BCUT2D eigenvalue weighted by Gasteiger charge is -2.06. The molecule has 4 rings (SSSR count). The number of benzene rings is 4. The molecular formula is C25H19ClN2O2S. The first kappa shape index (κ1) is 21.0. The highest BCUT2D eigenvalue weighted by atomic mass is 35.5. The fourth-order valence-electron chi connectivity index (χ4n) is 3.09. The number of fused-ring (bicyclic) bond motifs is 1. The molecule has 6 heteroatoms. The minimum atomic E-state index is -0.312. The molecule has 4 nitrogen and oxygen atoms in total. The van der Waals surface area contributed by atoms with Gasteiger partial charge in [0.25, 0.3) is 5.91 Å². The van der Waals surface area contributed by atoms with Crippen molar-refractivity contribution in [3.8, 4) is 5.75 Å². The van der Waals surface area contributed by atoms with Crippen molar-refractivity contribution < 1.29 is 9.90 Å². The van der Waals surface area contributed by atoms with Gasteiger partial charge in [0.05, 0.1) is 6.21 Å². The van der Waals surface area contributed by atoms with Gasteiger partial charge in [0, 0.05) is 26.8 Å². The molecule has 2 N–H and O–H groups in total. The highest BCUT2D eigenvalue weighted by Crippen LogP contribution is 2.26. The first-order chi connectivity index (χ1) is 15.1. The summed E-state index contributed by atoms with van der Waals surface area (Å²) in [5.41, 5.74) is 4.71.